The third-order valence-electron chi connectivity index (χ3n) is 2.20. The third kappa shape index (κ3) is 2.31. The van der Waals surface area contributed by atoms with Gasteiger partial charge in [-0.3, -0.25) is 4.79 Å². The van der Waals surface area contributed by atoms with Crippen molar-refractivity contribution in [2.24, 2.45) is 0 Å². The van der Waals surface area contributed by atoms with Gasteiger partial charge in [-0.15, -0.1) is 0 Å². The lowest BCUT2D eigenvalue weighted by atomic mass is 10.0. The first-order valence-electron chi connectivity index (χ1n) is 4.50. The van der Waals surface area contributed by atoms with Crippen LogP contribution in [-0.4, -0.2) is 5.24 Å². The summed E-state index contributed by atoms with van der Waals surface area (Å²) in [6.07, 6.45) is 1.95. The van der Waals surface area contributed by atoms with Gasteiger partial charge in [0.25, 0.3) is 5.24 Å². The van der Waals surface area contributed by atoms with Gasteiger partial charge in [-0.1, -0.05) is 19.9 Å². The van der Waals surface area contributed by atoms with Crippen molar-refractivity contribution < 1.29 is 4.79 Å². The van der Waals surface area contributed by atoms with E-state index in [0.29, 0.717) is 5.56 Å². The molecule has 13 heavy (non-hydrogen) atoms. The second-order valence-electron chi connectivity index (χ2n) is 2.96. The summed E-state index contributed by atoms with van der Waals surface area (Å²) in [5.74, 6) is 0. The van der Waals surface area contributed by atoms with Crippen molar-refractivity contribution in [1.29, 1.82) is 0 Å². The van der Waals surface area contributed by atoms with Gasteiger partial charge in [-0.05, 0) is 47.7 Å². The fraction of sp³-hybridized carbons (Fsp3) is 0.364. The molecule has 0 heterocycles. The number of hydrogen-bond acceptors (Lipinski definition) is 1. The number of aryl methyl sites for hydroxylation is 2. The Morgan fingerprint density at radius 1 is 1.23 bits per heavy atom. The molecular formula is C11H13ClO. The molecule has 1 aromatic rings. The summed E-state index contributed by atoms with van der Waals surface area (Å²) in [6.45, 7) is 4.19. The highest BCUT2D eigenvalue weighted by molar-refractivity contribution is 6.67. The highest BCUT2D eigenvalue weighted by atomic mass is 35.5. The minimum atomic E-state index is -0.377. The smallest absolute Gasteiger partial charge is 0.252 e. The van der Waals surface area contributed by atoms with Crippen LogP contribution in [0.15, 0.2) is 18.2 Å². The van der Waals surface area contributed by atoms with E-state index in [1.807, 2.05) is 12.1 Å². The average Bonchev–Trinajstić information content (AvgIpc) is 2.16. The van der Waals surface area contributed by atoms with Crippen LogP contribution in [0.2, 0.25) is 0 Å². The van der Waals surface area contributed by atoms with Crippen molar-refractivity contribution in [3.63, 3.8) is 0 Å². The fourth-order valence-electron chi connectivity index (χ4n) is 1.42. The molecule has 0 spiro atoms. The van der Waals surface area contributed by atoms with E-state index in [9.17, 15) is 4.79 Å². The number of carbonyl (C=O) groups excluding carboxylic acids is 1. The lowest BCUT2D eigenvalue weighted by Gasteiger charge is -2.05. The van der Waals surface area contributed by atoms with Crippen molar-refractivity contribution in [1.82, 2.24) is 0 Å². The maximum absolute atomic E-state index is 10.9. The third-order valence-corrected chi connectivity index (χ3v) is 2.41. The molecule has 0 aromatic heterocycles. The zero-order chi connectivity index (χ0) is 9.84. The van der Waals surface area contributed by atoms with Crippen LogP contribution in [0.1, 0.15) is 35.3 Å². The maximum Gasteiger partial charge on any atom is 0.252 e. The molecule has 0 saturated heterocycles. The average molecular weight is 197 g/mol. The number of carbonyl (C=O) groups is 1. The van der Waals surface area contributed by atoms with Crippen molar-refractivity contribution in [3.05, 3.63) is 34.9 Å². The molecule has 1 nitrogen and oxygen atoms in total. The van der Waals surface area contributed by atoms with Crippen LogP contribution < -0.4 is 0 Å². The first kappa shape index (κ1) is 10.3. The zero-order valence-corrected chi connectivity index (χ0v) is 8.69. The van der Waals surface area contributed by atoms with Crippen molar-refractivity contribution in [3.8, 4) is 0 Å². The quantitative estimate of drug-likeness (QED) is 0.679. The summed E-state index contributed by atoms with van der Waals surface area (Å²) in [5.41, 5.74) is 3.11. The molecule has 1 aromatic carbocycles. The Hall–Kier alpha value is -0.820. The lowest BCUT2D eigenvalue weighted by molar-refractivity contribution is 0.108. The molecule has 0 radical (unpaired) electrons. The van der Waals surface area contributed by atoms with Crippen LogP contribution in [0.5, 0.6) is 0 Å². The number of benzene rings is 1. The van der Waals surface area contributed by atoms with E-state index in [1.54, 1.807) is 6.07 Å². The van der Waals surface area contributed by atoms with Crippen LogP contribution in [0.25, 0.3) is 0 Å². The predicted octanol–water partition coefficient (Wildman–Crippen LogP) is 3.19. The van der Waals surface area contributed by atoms with Gasteiger partial charge in [0.2, 0.25) is 0 Å². The van der Waals surface area contributed by atoms with Gasteiger partial charge in [0.15, 0.2) is 0 Å². The van der Waals surface area contributed by atoms with E-state index in [0.717, 1.165) is 12.8 Å². The molecule has 2 heteroatoms. The van der Waals surface area contributed by atoms with Gasteiger partial charge in [0.1, 0.15) is 0 Å². The molecule has 1 rings (SSSR count). The molecule has 0 aliphatic rings. The summed E-state index contributed by atoms with van der Waals surface area (Å²) in [4.78, 5) is 10.9. The molecule has 70 valence electrons. The predicted molar refractivity (Wildman–Crippen MR) is 55.4 cm³/mol. The topological polar surface area (TPSA) is 17.1 Å². The van der Waals surface area contributed by atoms with Crippen LogP contribution in [-0.2, 0) is 12.8 Å². The molecule has 0 saturated carbocycles. The summed E-state index contributed by atoms with van der Waals surface area (Å²) < 4.78 is 0. The molecule has 0 unspecified atom stereocenters. The van der Waals surface area contributed by atoms with E-state index in [2.05, 4.69) is 13.8 Å². The summed E-state index contributed by atoms with van der Waals surface area (Å²) in [7, 11) is 0. The van der Waals surface area contributed by atoms with Gasteiger partial charge < -0.3 is 0 Å². The lowest BCUT2D eigenvalue weighted by Crippen LogP contribution is -1.95. The highest BCUT2D eigenvalue weighted by Gasteiger charge is 2.04. The van der Waals surface area contributed by atoms with E-state index >= 15 is 0 Å². The summed E-state index contributed by atoms with van der Waals surface area (Å²) >= 11 is 5.39. The van der Waals surface area contributed by atoms with E-state index in [4.69, 9.17) is 11.6 Å². The Balaban J connectivity index is 3.13. The van der Waals surface area contributed by atoms with Crippen LogP contribution in [0.4, 0.5) is 0 Å². The Morgan fingerprint density at radius 2 is 1.85 bits per heavy atom. The normalized spacial score (nSPS) is 10.1. The largest absolute Gasteiger partial charge is 0.276 e. The van der Waals surface area contributed by atoms with Gasteiger partial charge in [0.05, 0.1) is 0 Å². The minimum absolute atomic E-state index is 0.377. The standard InChI is InChI=1S/C11H13ClO/c1-3-8-5-6-10(11(12)13)7-9(8)4-2/h5-7H,3-4H2,1-2H3. The molecule has 0 atom stereocenters. The Morgan fingerprint density at radius 3 is 2.31 bits per heavy atom. The van der Waals surface area contributed by atoms with E-state index in [-0.39, 0.29) is 5.24 Å². The minimum Gasteiger partial charge on any atom is -0.276 e. The molecule has 0 N–H and O–H groups in total. The molecule has 0 bridgehead atoms. The Labute approximate surface area is 83.7 Å². The summed E-state index contributed by atoms with van der Waals surface area (Å²) in [6, 6.07) is 5.65. The Bertz CT molecular complexity index is 318. The number of halogens is 1. The molecule has 0 aliphatic carbocycles. The molecular weight excluding hydrogens is 184 g/mol. The van der Waals surface area contributed by atoms with Crippen molar-refractivity contribution in [2.45, 2.75) is 26.7 Å². The summed E-state index contributed by atoms with van der Waals surface area (Å²) in [5, 5.41) is -0.377. The first-order valence-corrected chi connectivity index (χ1v) is 4.88. The van der Waals surface area contributed by atoms with Crippen LogP contribution >= 0.6 is 11.6 Å². The molecule has 0 aliphatic heterocycles. The Kier molecular flexibility index (Phi) is 3.49. The van der Waals surface area contributed by atoms with Crippen molar-refractivity contribution in [2.75, 3.05) is 0 Å². The molecule has 0 amide bonds. The fourth-order valence-corrected chi connectivity index (χ4v) is 1.54. The number of hydrogen-bond donors (Lipinski definition) is 0. The van der Waals surface area contributed by atoms with Gasteiger partial charge in [0, 0.05) is 5.56 Å². The number of rotatable bonds is 3. The second kappa shape index (κ2) is 4.43. The van der Waals surface area contributed by atoms with Gasteiger partial charge in [-0.25, -0.2) is 0 Å². The molecule has 0 fully saturated rings. The van der Waals surface area contributed by atoms with Gasteiger partial charge in [-0.2, -0.15) is 0 Å². The van der Waals surface area contributed by atoms with Crippen LogP contribution in [0.3, 0.4) is 0 Å². The second-order valence-corrected chi connectivity index (χ2v) is 3.31. The maximum atomic E-state index is 10.9. The SMILES string of the molecule is CCc1ccc(C(=O)Cl)cc1CC. The van der Waals surface area contributed by atoms with E-state index in [1.165, 1.54) is 11.1 Å². The van der Waals surface area contributed by atoms with Gasteiger partial charge >= 0.3 is 0 Å². The van der Waals surface area contributed by atoms with Crippen LogP contribution in [0, 0.1) is 0 Å². The zero-order valence-electron chi connectivity index (χ0n) is 7.93. The first-order chi connectivity index (χ1) is 6.19. The monoisotopic (exact) mass is 196 g/mol. The van der Waals surface area contributed by atoms with E-state index < -0.39 is 0 Å². The highest BCUT2D eigenvalue weighted by Crippen LogP contribution is 2.14. The van der Waals surface area contributed by atoms with Crippen molar-refractivity contribution >= 4 is 16.8 Å².